The molecule has 1 fully saturated rings. The van der Waals surface area contributed by atoms with Crippen LogP contribution in [0.5, 0.6) is 0 Å². The Morgan fingerprint density at radius 3 is 3.00 bits per heavy atom. The standard InChI is InChI=1S/C13H16BrClN2O/c1-2-6-16-12-5-7-17(13(12)18)9-3-4-11(15)10(14)8-9/h3-4,8,12,16H,2,5-7H2,1H3. The van der Waals surface area contributed by atoms with Crippen molar-refractivity contribution in [2.75, 3.05) is 18.0 Å². The molecule has 1 atom stereocenters. The molecule has 0 saturated carbocycles. The minimum atomic E-state index is -0.0422. The third-order valence-corrected chi connectivity index (χ3v) is 4.28. The average molecular weight is 332 g/mol. The highest BCUT2D eigenvalue weighted by atomic mass is 79.9. The van der Waals surface area contributed by atoms with Gasteiger partial charge in [0.15, 0.2) is 0 Å². The van der Waals surface area contributed by atoms with Crippen molar-refractivity contribution in [1.82, 2.24) is 5.32 Å². The fourth-order valence-corrected chi connectivity index (χ4v) is 2.58. The Bertz CT molecular complexity index is 453. The maximum Gasteiger partial charge on any atom is 0.244 e. The summed E-state index contributed by atoms with van der Waals surface area (Å²) in [4.78, 5) is 14.0. The summed E-state index contributed by atoms with van der Waals surface area (Å²) in [5.41, 5.74) is 0.900. The van der Waals surface area contributed by atoms with Gasteiger partial charge in [-0.1, -0.05) is 18.5 Å². The lowest BCUT2D eigenvalue weighted by Gasteiger charge is -2.17. The topological polar surface area (TPSA) is 32.3 Å². The molecule has 3 nitrogen and oxygen atoms in total. The number of amides is 1. The molecule has 1 aliphatic rings. The van der Waals surface area contributed by atoms with Crippen molar-refractivity contribution < 1.29 is 4.79 Å². The van der Waals surface area contributed by atoms with Crippen molar-refractivity contribution in [3.63, 3.8) is 0 Å². The Morgan fingerprint density at radius 1 is 1.56 bits per heavy atom. The summed E-state index contributed by atoms with van der Waals surface area (Å²) < 4.78 is 0.819. The molecular weight excluding hydrogens is 316 g/mol. The van der Waals surface area contributed by atoms with Crippen LogP contribution in [0.3, 0.4) is 0 Å². The largest absolute Gasteiger partial charge is 0.311 e. The lowest BCUT2D eigenvalue weighted by molar-refractivity contribution is -0.118. The molecule has 1 amide bonds. The minimum Gasteiger partial charge on any atom is -0.311 e. The lowest BCUT2D eigenvalue weighted by Crippen LogP contribution is -2.38. The maximum atomic E-state index is 12.2. The molecule has 1 heterocycles. The summed E-state index contributed by atoms with van der Waals surface area (Å²) in [6, 6.07) is 5.54. The number of hydrogen-bond donors (Lipinski definition) is 1. The maximum absolute atomic E-state index is 12.2. The number of carbonyl (C=O) groups excluding carboxylic acids is 1. The van der Waals surface area contributed by atoms with E-state index in [4.69, 9.17) is 11.6 Å². The average Bonchev–Trinajstić information content (AvgIpc) is 2.72. The van der Waals surface area contributed by atoms with Crippen LogP contribution in [-0.2, 0) is 4.79 Å². The van der Waals surface area contributed by atoms with Crippen LogP contribution in [0, 0.1) is 0 Å². The summed E-state index contributed by atoms with van der Waals surface area (Å²) in [7, 11) is 0. The van der Waals surface area contributed by atoms with Crippen LogP contribution in [0.25, 0.3) is 0 Å². The summed E-state index contributed by atoms with van der Waals surface area (Å²) in [6.07, 6.45) is 1.90. The number of anilines is 1. The van der Waals surface area contributed by atoms with Crippen LogP contribution in [0.4, 0.5) is 5.69 Å². The number of halogens is 2. The summed E-state index contributed by atoms with van der Waals surface area (Å²) in [5.74, 6) is 0.151. The zero-order valence-electron chi connectivity index (χ0n) is 10.2. The first-order chi connectivity index (χ1) is 8.63. The number of carbonyl (C=O) groups is 1. The quantitative estimate of drug-likeness (QED) is 0.919. The van der Waals surface area contributed by atoms with E-state index < -0.39 is 0 Å². The van der Waals surface area contributed by atoms with Gasteiger partial charge in [-0.3, -0.25) is 4.79 Å². The van der Waals surface area contributed by atoms with Crippen LogP contribution in [0.1, 0.15) is 19.8 Å². The number of nitrogens with one attached hydrogen (secondary N) is 1. The highest BCUT2D eigenvalue weighted by molar-refractivity contribution is 9.10. The summed E-state index contributed by atoms with van der Waals surface area (Å²) in [6.45, 7) is 3.74. The molecule has 0 radical (unpaired) electrons. The monoisotopic (exact) mass is 330 g/mol. The molecule has 0 aromatic heterocycles. The molecule has 1 saturated heterocycles. The van der Waals surface area contributed by atoms with E-state index in [0.717, 1.165) is 36.1 Å². The van der Waals surface area contributed by atoms with Crippen molar-refractivity contribution in [3.05, 3.63) is 27.7 Å². The molecule has 0 spiro atoms. The van der Waals surface area contributed by atoms with E-state index in [1.165, 1.54) is 0 Å². The van der Waals surface area contributed by atoms with E-state index in [0.29, 0.717) is 5.02 Å². The van der Waals surface area contributed by atoms with Gasteiger partial charge in [0.2, 0.25) is 5.91 Å². The lowest BCUT2D eigenvalue weighted by atomic mass is 10.2. The van der Waals surface area contributed by atoms with Crippen molar-refractivity contribution in [3.8, 4) is 0 Å². The summed E-state index contributed by atoms with van der Waals surface area (Å²) in [5, 5.41) is 3.94. The molecule has 1 aromatic carbocycles. The zero-order valence-corrected chi connectivity index (χ0v) is 12.6. The van der Waals surface area contributed by atoms with Gasteiger partial charge in [-0.25, -0.2) is 0 Å². The Kier molecular flexibility index (Phi) is 4.65. The Labute approximate surface area is 121 Å². The van der Waals surface area contributed by atoms with Crippen LogP contribution in [0.15, 0.2) is 22.7 Å². The third kappa shape index (κ3) is 2.87. The van der Waals surface area contributed by atoms with Crippen molar-refractivity contribution in [1.29, 1.82) is 0 Å². The highest BCUT2D eigenvalue weighted by Gasteiger charge is 2.31. The van der Waals surface area contributed by atoms with Crippen LogP contribution >= 0.6 is 27.5 Å². The molecule has 2 rings (SSSR count). The Balaban J connectivity index is 2.10. The number of benzene rings is 1. The molecule has 1 aliphatic heterocycles. The fourth-order valence-electron chi connectivity index (χ4n) is 2.10. The molecule has 0 aliphatic carbocycles. The van der Waals surface area contributed by atoms with Crippen LogP contribution in [0.2, 0.25) is 5.02 Å². The number of nitrogens with zero attached hydrogens (tertiary/aromatic N) is 1. The predicted molar refractivity (Wildman–Crippen MR) is 78.2 cm³/mol. The van der Waals surface area contributed by atoms with Crippen LogP contribution < -0.4 is 10.2 Å². The van der Waals surface area contributed by atoms with Gasteiger partial charge in [0.05, 0.1) is 11.1 Å². The highest BCUT2D eigenvalue weighted by Crippen LogP contribution is 2.29. The first-order valence-electron chi connectivity index (χ1n) is 6.13. The molecule has 0 bridgehead atoms. The van der Waals surface area contributed by atoms with E-state index in [-0.39, 0.29) is 11.9 Å². The van der Waals surface area contributed by atoms with E-state index in [9.17, 15) is 4.79 Å². The normalized spacial score (nSPS) is 19.6. The second-order valence-electron chi connectivity index (χ2n) is 4.38. The van der Waals surface area contributed by atoms with Gasteiger partial charge in [0.1, 0.15) is 0 Å². The smallest absolute Gasteiger partial charge is 0.244 e. The van der Waals surface area contributed by atoms with Gasteiger partial charge in [-0.15, -0.1) is 0 Å². The first kappa shape index (κ1) is 13.8. The van der Waals surface area contributed by atoms with E-state index in [2.05, 4.69) is 28.2 Å². The minimum absolute atomic E-state index is 0.0422. The van der Waals surface area contributed by atoms with Gasteiger partial charge in [-0.05, 0) is 53.5 Å². The summed E-state index contributed by atoms with van der Waals surface area (Å²) >= 11 is 9.34. The van der Waals surface area contributed by atoms with E-state index in [1.54, 1.807) is 6.07 Å². The fraction of sp³-hybridized carbons (Fsp3) is 0.462. The first-order valence-corrected chi connectivity index (χ1v) is 7.30. The van der Waals surface area contributed by atoms with Crippen molar-refractivity contribution in [2.45, 2.75) is 25.8 Å². The molecule has 1 N–H and O–H groups in total. The number of hydrogen-bond acceptors (Lipinski definition) is 2. The van der Waals surface area contributed by atoms with Gasteiger partial charge >= 0.3 is 0 Å². The Hall–Kier alpha value is -0.580. The molecule has 5 heteroatoms. The third-order valence-electron chi connectivity index (χ3n) is 3.06. The van der Waals surface area contributed by atoms with Crippen LogP contribution in [-0.4, -0.2) is 25.0 Å². The van der Waals surface area contributed by atoms with Crippen molar-refractivity contribution in [2.24, 2.45) is 0 Å². The SMILES string of the molecule is CCCNC1CCN(c2ccc(Cl)c(Br)c2)C1=O. The molecule has 1 unspecified atom stereocenters. The molecule has 18 heavy (non-hydrogen) atoms. The molecular formula is C13H16BrClN2O. The molecule has 98 valence electrons. The zero-order chi connectivity index (χ0) is 13.1. The predicted octanol–water partition coefficient (Wildman–Crippen LogP) is 3.21. The van der Waals surface area contributed by atoms with Gasteiger partial charge < -0.3 is 10.2 Å². The van der Waals surface area contributed by atoms with E-state index >= 15 is 0 Å². The second-order valence-corrected chi connectivity index (χ2v) is 5.65. The van der Waals surface area contributed by atoms with Gasteiger partial charge in [0, 0.05) is 16.7 Å². The van der Waals surface area contributed by atoms with Crippen molar-refractivity contribution >= 4 is 39.1 Å². The second kappa shape index (κ2) is 6.04. The van der Waals surface area contributed by atoms with Gasteiger partial charge in [0.25, 0.3) is 0 Å². The number of rotatable bonds is 4. The Morgan fingerprint density at radius 2 is 2.33 bits per heavy atom. The van der Waals surface area contributed by atoms with Gasteiger partial charge in [-0.2, -0.15) is 0 Å². The molecule has 1 aromatic rings. The van der Waals surface area contributed by atoms with E-state index in [1.807, 2.05) is 17.0 Å².